The van der Waals surface area contributed by atoms with Crippen molar-refractivity contribution < 1.29 is 28.8 Å². The molecule has 0 aromatic heterocycles. The summed E-state index contributed by atoms with van der Waals surface area (Å²) in [6, 6.07) is 3.90. The fourth-order valence-electron chi connectivity index (χ4n) is 5.46. The predicted octanol–water partition coefficient (Wildman–Crippen LogP) is 2.38. The highest BCUT2D eigenvalue weighted by molar-refractivity contribution is 6.09. The summed E-state index contributed by atoms with van der Waals surface area (Å²) in [6.45, 7) is 2.88. The number of hydrogen-bond donors (Lipinski definition) is 0. The second kappa shape index (κ2) is 7.86. The van der Waals surface area contributed by atoms with E-state index in [1.165, 1.54) is 24.3 Å². The van der Waals surface area contributed by atoms with Gasteiger partial charge >= 0.3 is 5.97 Å². The number of esters is 1. The Morgan fingerprint density at radius 2 is 1.65 bits per heavy atom. The fraction of sp³-hybridized carbons (Fsp3) is 0.545. The van der Waals surface area contributed by atoms with Crippen LogP contribution in [0.5, 0.6) is 0 Å². The number of fused-ring (bicyclic) bond motifs is 5. The number of likely N-dealkylation sites (tertiary alicyclic amines) is 1. The third-order valence-corrected chi connectivity index (χ3v) is 6.86. The molecule has 9 heteroatoms. The molecule has 1 saturated heterocycles. The van der Waals surface area contributed by atoms with Crippen LogP contribution in [0.25, 0.3) is 0 Å². The third kappa shape index (κ3) is 3.51. The Kier molecular flexibility index (Phi) is 5.36. The Morgan fingerprint density at radius 1 is 1.10 bits per heavy atom. The van der Waals surface area contributed by atoms with E-state index in [2.05, 4.69) is 0 Å². The van der Waals surface area contributed by atoms with E-state index in [1.807, 2.05) is 0 Å². The van der Waals surface area contributed by atoms with Gasteiger partial charge in [0.05, 0.1) is 16.8 Å². The Hall–Kier alpha value is -3.10. The number of imide groups is 1. The first-order valence-corrected chi connectivity index (χ1v) is 10.5. The average Bonchev–Trinajstić information content (AvgIpc) is 3.42. The zero-order chi connectivity index (χ0) is 22.4. The fourth-order valence-corrected chi connectivity index (χ4v) is 5.46. The minimum absolute atomic E-state index is 0.154. The topological polar surface area (TPSA) is 124 Å². The predicted molar refractivity (Wildman–Crippen MR) is 107 cm³/mol. The van der Waals surface area contributed by atoms with Crippen LogP contribution < -0.4 is 0 Å². The summed E-state index contributed by atoms with van der Waals surface area (Å²) < 4.78 is 5.19. The maximum absolute atomic E-state index is 13.1. The molecule has 3 aliphatic rings. The number of non-ortho nitro benzene ring substituents is 1. The van der Waals surface area contributed by atoms with Crippen LogP contribution >= 0.6 is 0 Å². The summed E-state index contributed by atoms with van der Waals surface area (Å²) in [5.41, 5.74) is 0.0120. The summed E-state index contributed by atoms with van der Waals surface area (Å²) in [4.78, 5) is 62.5. The van der Waals surface area contributed by atoms with E-state index in [-0.39, 0.29) is 52.7 Å². The van der Waals surface area contributed by atoms with Crippen molar-refractivity contribution in [2.24, 2.45) is 29.6 Å². The van der Waals surface area contributed by atoms with Crippen LogP contribution in [0.1, 0.15) is 43.5 Å². The highest BCUT2D eigenvalue weighted by Gasteiger charge is 2.62. The van der Waals surface area contributed by atoms with E-state index in [0.29, 0.717) is 0 Å². The van der Waals surface area contributed by atoms with E-state index < -0.39 is 29.3 Å². The molecule has 3 fully saturated rings. The molecule has 9 nitrogen and oxygen atoms in total. The summed E-state index contributed by atoms with van der Waals surface area (Å²) in [7, 11) is 0. The number of amides is 2. The number of carbonyl (C=O) groups excluding carboxylic acids is 4. The molecule has 1 heterocycles. The molecule has 164 valence electrons. The number of nitro groups is 1. The van der Waals surface area contributed by atoms with Gasteiger partial charge in [0.25, 0.3) is 5.69 Å². The second-order valence-electron chi connectivity index (χ2n) is 8.95. The van der Waals surface area contributed by atoms with Crippen LogP contribution in [0.3, 0.4) is 0 Å². The van der Waals surface area contributed by atoms with Crippen LogP contribution in [0.15, 0.2) is 24.3 Å². The molecule has 1 aromatic carbocycles. The van der Waals surface area contributed by atoms with Crippen molar-refractivity contribution in [2.75, 3.05) is 6.61 Å². The van der Waals surface area contributed by atoms with Gasteiger partial charge in [-0.3, -0.25) is 29.4 Å². The lowest BCUT2D eigenvalue weighted by molar-refractivity contribution is -0.384. The number of nitrogens with zero attached hydrogens (tertiary/aromatic N) is 2. The number of carbonyl (C=O) groups is 4. The van der Waals surface area contributed by atoms with Crippen LogP contribution in [0.4, 0.5) is 5.69 Å². The minimum Gasteiger partial charge on any atom is -0.456 e. The zero-order valence-corrected chi connectivity index (χ0v) is 17.4. The molecule has 2 saturated carbocycles. The van der Waals surface area contributed by atoms with Crippen molar-refractivity contribution in [1.29, 1.82) is 0 Å². The standard InChI is InChI=1S/C22H24N2O7/c1-11(2)19(23-20(26)17-13-3-4-14(9-13)18(17)21(23)27)22(28)31-10-16(25)12-5-7-15(8-6-12)24(29)30/h5-8,11,13-14,17-19H,3-4,9-10H2,1-2H3/t13-,14-,17+,18+,19+/m0/s1. The van der Waals surface area contributed by atoms with Crippen molar-refractivity contribution in [1.82, 2.24) is 4.90 Å². The Labute approximate surface area is 178 Å². The monoisotopic (exact) mass is 428 g/mol. The molecule has 0 N–H and O–H groups in total. The summed E-state index contributed by atoms with van der Waals surface area (Å²) in [5, 5.41) is 10.7. The van der Waals surface area contributed by atoms with Gasteiger partial charge in [0.15, 0.2) is 12.4 Å². The Morgan fingerprint density at radius 3 is 2.13 bits per heavy atom. The maximum Gasteiger partial charge on any atom is 0.330 e. The van der Waals surface area contributed by atoms with E-state index >= 15 is 0 Å². The van der Waals surface area contributed by atoms with E-state index in [1.54, 1.807) is 13.8 Å². The first-order chi connectivity index (χ1) is 14.7. The Balaban J connectivity index is 1.44. The highest BCUT2D eigenvalue weighted by Crippen LogP contribution is 2.56. The SMILES string of the molecule is CC(C)[C@H](C(=O)OCC(=O)c1ccc([N+](=O)[O-])cc1)N1C(=O)[C@@H]2[C@H]3CC[C@@H](C3)[C@H]2C1=O. The average molecular weight is 428 g/mol. The number of ether oxygens (including phenoxy) is 1. The summed E-state index contributed by atoms with van der Waals surface area (Å²) in [6.07, 6.45) is 2.79. The molecule has 2 bridgehead atoms. The minimum atomic E-state index is -1.07. The molecule has 2 amide bonds. The number of hydrogen-bond acceptors (Lipinski definition) is 7. The quantitative estimate of drug-likeness (QED) is 0.215. The zero-order valence-electron chi connectivity index (χ0n) is 17.4. The van der Waals surface area contributed by atoms with Gasteiger partial charge in [-0.15, -0.1) is 0 Å². The van der Waals surface area contributed by atoms with Crippen LogP contribution in [-0.2, 0) is 19.1 Å². The molecule has 1 aliphatic heterocycles. The van der Waals surface area contributed by atoms with Gasteiger partial charge in [-0.25, -0.2) is 4.79 Å². The van der Waals surface area contributed by atoms with Gasteiger partial charge in [-0.05, 0) is 49.1 Å². The molecule has 0 spiro atoms. The van der Waals surface area contributed by atoms with Crippen molar-refractivity contribution >= 4 is 29.3 Å². The van der Waals surface area contributed by atoms with E-state index in [0.717, 1.165) is 24.2 Å². The van der Waals surface area contributed by atoms with Gasteiger partial charge in [0.2, 0.25) is 11.8 Å². The number of Topliss-reactive ketones (excluding diaryl/α,β-unsaturated/α-hetero) is 1. The van der Waals surface area contributed by atoms with Crippen LogP contribution in [0.2, 0.25) is 0 Å². The maximum atomic E-state index is 13.1. The lowest BCUT2D eigenvalue weighted by Crippen LogP contribution is -2.50. The lowest BCUT2D eigenvalue weighted by Gasteiger charge is -2.28. The molecule has 4 rings (SSSR count). The molecular formula is C22H24N2O7. The molecule has 0 radical (unpaired) electrons. The molecule has 5 atom stereocenters. The Bertz CT molecular complexity index is 927. The van der Waals surface area contributed by atoms with E-state index in [9.17, 15) is 29.3 Å². The molecular weight excluding hydrogens is 404 g/mol. The van der Waals surface area contributed by atoms with Gasteiger partial charge < -0.3 is 4.74 Å². The first-order valence-electron chi connectivity index (χ1n) is 10.5. The number of nitro benzene ring substituents is 1. The normalized spacial score (nSPS) is 27.5. The molecule has 31 heavy (non-hydrogen) atoms. The largest absolute Gasteiger partial charge is 0.456 e. The van der Waals surface area contributed by atoms with Gasteiger partial charge in [0, 0.05) is 17.7 Å². The lowest BCUT2D eigenvalue weighted by atomic mass is 9.81. The van der Waals surface area contributed by atoms with Crippen LogP contribution in [-0.4, -0.2) is 46.0 Å². The van der Waals surface area contributed by atoms with Crippen molar-refractivity contribution in [2.45, 2.75) is 39.2 Å². The smallest absolute Gasteiger partial charge is 0.330 e. The summed E-state index contributed by atoms with van der Waals surface area (Å²) in [5.74, 6) is -2.51. The summed E-state index contributed by atoms with van der Waals surface area (Å²) >= 11 is 0. The third-order valence-electron chi connectivity index (χ3n) is 6.86. The molecule has 2 aliphatic carbocycles. The van der Waals surface area contributed by atoms with Gasteiger partial charge in [0.1, 0.15) is 6.04 Å². The van der Waals surface area contributed by atoms with Crippen molar-refractivity contribution in [3.05, 3.63) is 39.9 Å². The number of benzene rings is 1. The molecule has 0 unspecified atom stereocenters. The molecule has 1 aromatic rings. The first kappa shape index (κ1) is 21.1. The van der Waals surface area contributed by atoms with Gasteiger partial charge in [-0.1, -0.05) is 13.8 Å². The van der Waals surface area contributed by atoms with Crippen molar-refractivity contribution in [3.63, 3.8) is 0 Å². The van der Waals surface area contributed by atoms with Crippen molar-refractivity contribution in [3.8, 4) is 0 Å². The van der Waals surface area contributed by atoms with Crippen LogP contribution in [0, 0.1) is 39.7 Å². The number of ketones is 1. The number of rotatable bonds is 7. The van der Waals surface area contributed by atoms with Gasteiger partial charge in [-0.2, -0.15) is 0 Å². The van der Waals surface area contributed by atoms with E-state index in [4.69, 9.17) is 4.74 Å². The highest BCUT2D eigenvalue weighted by atomic mass is 16.6. The second-order valence-corrected chi connectivity index (χ2v) is 8.95.